The zero-order valence-electron chi connectivity index (χ0n) is 18.2. The lowest BCUT2D eigenvalue weighted by Crippen LogP contribution is -2.57. The minimum Gasteiger partial charge on any atom is -0.480 e. The van der Waals surface area contributed by atoms with Crippen LogP contribution >= 0.6 is 0 Å². The average Bonchev–Trinajstić information content (AvgIpc) is 3.38. The molecule has 0 aromatic heterocycles. The van der Waals surface area contributed by atoms with Crippen molar-refractivity contribution in [3.63, 3.8) is 0 Å². The Labute approximate surface area is 182 Å². The van der Waals surface area contributed by atoms with Gasteiger partial charge in [-0.25, -0.2) is 4.79 Å². The summed E-state index contributed by atoms with van der Waals surface area (Å²) in [4.78, 5) is 39.1. The molecule has 2 N–H and O–H groups in total. The maximum Gasteiger partial charge on any atom is 0.329 e. The molecule has 0 aliphatic carbocycles. The second-order valence-corrected chi connectivity index (χ2v) is 8.26. The van der Waals surface area contributed by atoms with Gasteiger partial charge in [-0.05, 0) is 51.5 Å². The van der Waals surface area contributed by atoms with Crippen molar-refractivity contribution in [2.45, 2.75) is 69.7 Å². The van der Waals surface area contributed by atoms with Crippen molar-refractivity contribution in [2.24, 2.45) is 0 Å². The standard InChI is InChI=1S/C23H32N2O6/c1-3-30-22(29)18(11-10-17-8-5-4-6-9-17)24-16(2)20(26)25-14-13-23(12-7-15-31-23)19(25)21(27)28/h4-6,8-9,16,18-19,24H,3,7,10-15H2,1-2H3,(H,27,28)/t16-,18?,19?,23?/m0/s1. The van der Waals surface area contributed by atoms with Crippen molar-refractivity contribution in [3.05, 3.63) is 35.9 Å². The second-order valence-electron chi connectivity index (χ2n) is 8.26. The van der Waals surface area contributed by atoms with Crippen molar-refractivity contribution in [2.75, 3.05) is 19.8 Å². The molecule has 2 aliphatic rings. The van der Waals surface area contributed by atoms with E-state index in [1.165, 1.54) is 4.90 Å². The number of esters is 1. The SMILES string of the molecule is CCOC(=O)C(CCc1ccccc1)N[C@@H](C)C(=O)N1CCC2(CCCO2)C1C(=O)O. The Kier molecular flexibility index (Phi) is 7.67. The Bertz CT molecular complexity index is 778. The molecule has 8 nitrogen and oxygen atoms in total. The molecular formula is C23H32N2O6. The third kappa shape index (κ3) is 5.25. The molecule has 2 saturated heterocycles. The fourth-order valence-electron chi connectivity index (χ4n) is 4.68. The highest BCUT2D eigenvalue weighted by atomic mass is 16.5. The zero-order chi connectivity index (χ0) is 22.4. The molecule has 2 heterocycles. The van der Waals surface area contributed by atoms with Crippen molar-refractivity contribution in [1.82, 2.24) is 10.2 Å². The molecule has 8 heteroatoms. The summed E-state index contributed by atoms with van der Waals surface area (Å²) in [6, 6.07) is 7.38. The van der Waals surface area contributed by atoms with Gasteiger partial charge in [-0.2, -0.15) is 0 Å². The molecule has 1 aromatic carbocycles. The Balaban J connectivity index is 1.68. The molecule has 0 saturated carbocycles. The minimum absolute atomic E-state index is 0.248. The van der Waals surface area contributed by atoms with Crippen LogP contribution in [0.1, 0.15) is 45.1 Å². The van der Waals surface area contributed by atoms with Gasteiger partial charge < -0.3 is 19.5 Å². The van der Waals surface area contributed by atoms with Crippen molar-refractivity contribution >= 4 is 17.8 Å². The summed E-state index contributed by atoms with van der Waals surface area (Å²) in [5.41, 5.74) is 0.290. The average molecular weight is 433 g/mol. The first kappa shape index (κ1) is 23.2. The number of carboxylic acids is 1. The Hall–Kier alpha value is -2.45. The van der Waals surface area contributed by atoms with Gasteiger partial charge in [0.25, 0.3) is 0 Å². The van der Waals surface area contributed by atoms with Crippen LogP contribution in [-0.4, -0.2) is 71.3 Å². The van der Waals surface area contributed by atoms with E-state index in [1.807, 2.05) is 30.3 Å². The van der Waals surface area contributed by atoms with Gasteiger partial charge in [0, 0.05) is 13.2 Å². The van der Waals surface area contributed by atoms with Gasteiger partial charge in [0.2, 0.25) is 5.91 Å². The Morgan fingerprint density at radius 2 is 2.03 bits per heavy atom. The summed E-state index contributed by atoms with van der Waals surface area (Å²) in [5.74, 6) is -1.80. The number of carbonyl (C=O) groups is 3. The number of hydrogen-bond acceptors (Lipinski definition) is 6. The monoisotopic (exact) mass is 432 g/mol. The number of amides is 1. The molecule has 0 bridgehead atoms. The van der Waals surface area contributed by atoms with E-state index in [2.05, 4.69) is 5.32 Å². The van der Waals surface area contributed by atoms with E-state index in [1.54, 1.807) is 13.8 Å². The van der Waals surface area contributed by atoms with E-state index in [0.717, 1.165) is 12.0 Å². The molecule has 1 aromatic rings. The molecule has 3 rings (SSSR count). The van der Waals surface area contributed by atoms with Crippen LogP contribution in [0.15, 0.2) is 30.3 Å². The first-order valence-corrected chi connectivity index (χ1v) is 11.0. The summed E-state index contributed by atoms with van der Waals surface area (Å²) in [6.07, 6.45) is 3.06. The molecular weight excluding hydrogens is 400 g/mol. The first-order valence-electron chi connectivity index (χ1n) is 11.0. The van der Waals surface area contributed by atoms with Crippen molar-refractivity contribution in [1.29, 1.82) is 0 Å². The topological polar surface area (TPSA) is 105 Å². The second kappa shape index (κ2) is 10.2. The first-order chi connectivity index (χ1) is 14.9. The van der Waals surface area contributed by atoms with Gasteiger partial charge in [-0.3, -0.25) is 14.9 Å². The molecule has 2 aliphatic heterocycles. The summed E-state index contributed by atoms with van der Waals surface area (Å²) < 4.78 is 11.0. The lowest BCUT2D eigenvalue weighted by Gasteiger charge is -2.33. The van der Waals surface area contributed by atoms with Gasteiger partial charge in [0.15, 0.2) is 6.04 Å². The normalized spacial score (nSPS) is 24.8. The van der Waals surface area contributed by atoms with Crippen LogP contribution in [-0.2, 0) is 30.3 Å². The quantitative estimate of drug-likeness (QED) is 0.573. The van der Waals surface area contributed by atoms with Gasteiger partial charge in [0.05, 0.1) is 12.6 Å². The highest BCUT2D eigenvalue weighted by molar-refractivity contribution is 5.89. The number of hydrogen-bond donors (Lipinski definition) is 2. The highest BCUT2D eigenvalue weighted by Crippen LogP contribution is 2.40. The lowest BCUT2D eigenvalue weighted by molar-refractivity contribution is -0.157. The molecule has 0 radical (unpaired) electrons. The van der Waals surface area contributed by atoms with Crippen LogP contribution in [0, 0.1) is 0 Å². The largest absolute Gasteiger partial charge is 0.480 e. The third-order valence-corrected chi connectivity index (χ3v) is 6.19. The van der Waals surface area contributed by atoms with Gasteiger partial charge >= 0.3 is 11.9 Å². The van der Waals surface area contributed by atoms with Crippen LogP contribution < -0.4 is 5.32 Å². The molecule has 1 amide bonds. The number of carbonyl (C=O) groups excluding carboxylic acids is 2. The predicted molar refractivity (Wildman–Crippen MR) is 113 cm³/mol. The number of benzene rings is 1. The van der Waals surface area contributed by atoms with Gasteiger partial charge in [-0.1, -0.05) is 30.3 Å². The van der Waals surface area contributed by atoms with Crippen LogP contribution in [0.3, 0.4) is 0 Å². The van der Waals surface area contributed by atoms with Crippen molar-refractivity contribution in [3.8, 4) is 0 Å². The minimum atomic E-state index is -1.05. The fraction of sp³-hybridized carbons (Fsp3) is 0.609. The maximum atomic E-state index is 13.2. The summed E-state index contributed by atoms with van der Waals surface area (Å²) in [6.45, 7) is 4.50. The number of nitrogens with one attached hydrogen (secondary N) is 1. The van der Waals surface area contributed by atoms with E-state index in [9.17, 15) is 19.5 Å². The molecule has 31 heavy (non-hydrogen) atoms. The molecule has 1 spiro atoms. The van der Waals surface area contributed by atoms with E-state index in [0.29, 0.717) is 38.8 Å². The van der Waals surface area contributed by atoms with Crippen LogP contribution in [0.2, 0.25) is 0 Å². The lowest BCUT2D eigenvalue weighted by atomic mass is 9.91. The molecule has 3 unspecified atom stereocenters. The maximum absolute atomic E-state index is 13.2. The molecule has 2 fully saturated rings. The number of ether oxygens (including phenoxy) is 2. The number of aryl methyl sites for hydroxylation is 1. The van der Waals surface area contributed by atoms with Gasteiger partial charge in [0.1, 0.15) is 11.6 Å². The smallest absolute Gasteiger partial charge is 0.329 e. The predicted octanol–water partition coefficient (Wildman–Crippen LogP) is 1.76. The van der Waals surface area contributed by atoms with Crippen LogP contribution in [0.5, 0.6) is 0 Å². The van der Waals surface area contributed by atoms with Gasteiger partial charge in [-0.15, -0.1) is 0 Å². The van der Waals surface area contributed by atoms with Crippen LogP contribution in [0.25, 0.3) is 0 Å². The van der Waals surface area contributed by atoms with E-state index < -0.39 is 35.7 Å². The Morgan fingerprint density at radius 1 is 1.29 bits per heavy atom. The van der Waals surface area contributed by atoms with Crippen LogP contribution in [0.4, 0.5) is 0 Å². The third-order valence-electron chi connectivity index (χ3n) is 6.19. The van der Waals surface area contributed by atoms with E-state index in [-0.39, 0.29) is 12.5 Å². The zero-order valence-corrected chi connectivity index (χ0v) is 18.2. The number of rotatable bonds is 9. The summed E-state index contributed by atoms with van der Waals surface area (Å²) in [7, 11) is 0. The van der Waals surface area contributed by atoms with Crippen molar-refractivity contribution < 1.29 is 29.0 Å². The number of likely N-dealkylation sites (tertiary alicyclic amines) is 1. The number of nitrogens with zero attached hydrogens (tertiary/aromatic N) is 1. The highest BCUT2D eigenvalue weighted by Gasteiger charge is 2.56. The summed E-state index contributed by atoms with van der Waals surface area (Å²) >= 11 is 0. The van der Waals surface area contributed by atoms with E-state index in [4.69, 9.17) is 9.47 Å². The number of aliphatic carboxylic acids is 1. The molecule has 4 atom stereocenters. The summed E-state index contributed by atoms with van der Waals surface area (Å²) in [5, 5.41) is 12.9. The van der Waals surface area contributed by atoms with E-state index >= 15 is 0 Å². The number of carboxylic acid groups (broad SMARTS) is 1. The molecule has 170 valence electrons. The Morgan fingerprint density at radius 3 is 2.65 bits per heavy atom. The fourth-order valence-corrected chi connectivity index (χ4v) is 4.68.